The third-order valence-corrected chi connectivity index (χ3v) is 3.34. The molecule has 0 bridgehead atoms. The van der Waals surface area contributed by atoms with Crippen LogP contribution in [-0.4, -0.2) is 42.3 Å². The van der Waals surface area contributed by atoms with E-state index in [4.69, 9.17) is 15.2 Å². The van der Waals surface area contributed by atoms with Crippen LogP contribution in [0, 0.1) is 0 Å². The van der Waals surface area contributed by atoms with Crippen LogP contribution in [0.2, 0.25) is 0 Å². The van der Waals surface area contributed by atoms with Crippen LogP contribution in [0.25, 0.3) is 5.70 Å². The highest BCUT2D eigenvalue weighted by atomic mass is 16.6. The molecule has 9 heteroatoms. The fraction of sp³-hybridized carbons (Fsp3) is 0.474. The number of amides is 1. The van der Waals surface area contributed by atoms with Gasteiger partial charge in [0.15, 0.2) is 5.57 Å². The Bertz CT molecular complexity index is 752. The normalized spacial score (nSPS) is 11.9. The third kappa shape index (κ3) is 6.90. The molecule has 0 saturated heterocycles. The lowest BCUT2D eigenvalue weighted by Crippen LogP contribution is -2.28. The molecule has 9 nitrogen and oxygen atoms in total. The molecule has 1 heterocycles. The number of hydrogen-bond acceptors (Lipinski definition) is 8. The molecule has 1 aromatic heterocycles. The van der Waals surface area contributed by atoms with Gasteiger partial charge >= 0.3 is 18.0 Å². The van der Waals surface area contributed by atoms with Crippen LogP contribution in [0.3, 0.4) is 0 Å². The summed E-state index contributed by atoms with van der Waals surface area (Å²) in [5.74, 6) is -1.86. The lowest BCUT2D eigenvalue weighted by atomic mass is 10.1. The summed E-state index contributed by atoms with van der Waals surface area (Å²) in [6.45, 7) is 7.23. The molecule has 0 aliphatic heterocycles. The van der Waals surface area contributed by atoms with Crippen molar-refractivity contribution in [1.82, 2.24) is 4.98 Å². The minimum atomic E-state index is -0.953. The Hall–Kier alpha value is -3.10. The number of nitrogens with zero attached hydrogens (tertiary/aromatic N) is 1. The minimum Gasteiger partial charge on any atom is -0.465 e. The number of carbonyl (C=O) groups excluding carboxylic acids is 3. The predicted molar refractivity (Wildman–Crippen MR) is 103 cm³/mol. The number of nitrogens with two attached hydrogens (primary N) is 1. The van der Waals surface area contributed by atoms with Gasteiger partial charge in [0.2, 0.25) is 0 Å². The molecular formula is C19H27N3O6. The van der Waals surface area contributed by atoms with Crippen molar-refractivity contribution in [3.8, 4) is 0 Å². The molecule has 1 aromatic rings. The Morgan fingerprint density at radius 3 is 2.46 bits per heavy atom. The molecule has 0 spiro atoms. The topological polar surface area (TPSA) is 130 Å². The van der Waals surface area contributed by atoms with Crippen molar-refractivity contribution >= 4 is 29.4 Å². The van der Waals surface area contributed by atoms with Gasteiger partial charge in [-0.3, -0.25) is 10.3 Å². The first kappa shape index (κ1) is 22.9. The molecule has 0 fully saturated rings. The van der Waals surface area contributed by atoms with Crippen molar-refractivity contribution in [1.29, 1.82) is 0 Å². The Morgan fingerprint density at radius 1 is 1.21 bits per heavy atom. The van der Waals surface area contributed by atoms with E-state index in [-0.39, 0.29) is 23.6 Å². The lowest BCUT2D eigenvalue weighted by Gasteiger charge is -2.20. The van der Waals surface area contributed by atoms with Gasteiger partial charge in [-0.25, -0.2) is 14.4 Å². The molecule has 0 aliphatic rings. The van der Waals surface area contributed by atoms with Crippen molar-refractivity contribution in [2.24, 2.45) is 5.73 Å². The zero-order chi connectivity index (χ0) is 21.3. The highest BCUT2D eigenvalue weighted by Gasteiger charge is 2.27. The first-order valence-electron chi connectivity index (χ1n) is 8.80. The minimum absolute atomic E-state index is 0.138. The largest absolute Gasteiger partial charge is 0.465 e. The van der Waals surface area contributed by atoms with E-state index >= 15 is 0 Å². The second-order valence-electron chi connectivity index (χ2n) is 6.82. The van der Waals surface area contributed by atoms with Gasteiger partial charge in [0.25, 0.3) is 0 Å². The standard InChI is InChI=1S/C19H27N3O6/c1-6-7-10-27-17(24)14(16(23)26-5)15(20)12-11-21-9-8-13(12)22-18(25)28-19(2,3)4/h8-9,11H,6-7,10,20H2,1-5H3,(H,21,22,25)/b15-14+. The van der Waals surface area contributed by atoms with Gasteiger partial charge in [0.05, 0.1) is 25.1 Å². The third-order valence-electron chi connectivity index (χ3n) is 3.34. The first-order chi connectivity index (χ1) is 13.1. The average molecular weight is 393 g/mol. The van der Waals surface area contributed by atoms with E-state index in [0.29, 0.717) is 6.42 Å². The number of rotatable bonds is 7. The summed E-state index contributed by atoms with van der Waals surface area (Å²) in [7, 11) is 1.12. The number of hydrogen-bond donors (Lipinski definition) is 2. The van der Waals surface area contributed by atoms with Gasteiger partial charge in [-0.15, -0.1) is 0 Å². The maximum absolute atomic E-state index is 12.4. The summed E-state index contributed by atoms with van der Waals surface area (Å²) in [6.07, 6.45) is 3.45. The summed E-state index contributed by atoms with van der Waals surface area (Å²) in [6, 6.07) is 1.46. The van der Waals surface area contributed by atoms with Crippen molar-refractivity contribution in [2.45, 2.75) is 46.1 Å². The highest BCUT2D eigenvalue weighted by molar-refractivity contribution is 6.20. The molecule has 3 N–H and O–H groups in total. The Morgan fingerprint density at radius 2 is 1.89 bits per heavy atom. The number of carbonyl (C=O) groups is 3. The van der Waals surface area contributed by atoms with Crippen molar-refractivity contribution in [3.05, 3.63) is 29.6 Å². The van der Waals surface area contributed by atoms with Gasteiger partial charge in [-0.05, 0) is 33.3 Å². The molecule has 28 heavy (non-hydrogen) atoms. The van der Waals surface area contributed by atoms with E-state index in [9.17, 15) is 14.4 Å². The average Bonchev–Trinajstić information content (AvgIpc) is 2.60. The monoisotopic (exact) mass is 393 g/mol. The molecule has 0 saturated carbocycles. The van der Waals surface area contributed by atoms with E-state index in [0.717, 1.165) is 13.5 Å². The summed E-state index contributed by atoms with van der Waals surface area (Å²) in [5.41, 5.74) is 5.03. The number of nitrogens with one attached hydrogen (secondary N) is 1. The van der Waals surface area contributed by atoms with Crippen molar-refractivity contribution in [2.75, 3.05) is 19.0 Å². The van der Waals surface area contributed by atoms with Crippen molar-refractivity contribution < 1.29 is 28.6 Å². The van der Waals surface area contributed by atoms with Gasteiger partial charge in [0.1, 0.15) is 5.60 Å². The number of methoxy groups -OCH3 is 1. The highest BCUT2D eigenvalue weighted by Crippen LogP contribution is 2.24. The molecule has 1 rings (SSSR count). The fourth-order valence-electron chi connectivity index (χ4n) is 2.05. The molecular weight excluding hydrogens is 366 g/mol. The Labute approximate surface area is 164 Å². The molecule has 1 amide bonds. The number of pyridine rings is 1. The zero-order valence-corrected chi connectivity index (χ0v) is 16.8. The summed E-state index contributed by atoms with van der Waals surface area (Å²) in [4.78, 5) is 40.5. The summed E-state index contributed by atoms with van der Waals surface area (Å²) in [5, 5.41) is 2.53. The maximum Gasteiger partial charge on any atom is 0.412 e. The van der Waals surface area contributed by atoms with Crippen molar-refractivity contribution in [3.63, 3.8) is 0 Å². The number of anilines is 1. The van der Waals surface area contributed by atoms with E-state index in [1.54, 1.807) is 20.8 Å². The molecule has 0 radical (unpaired) electrons. The van der Waals surface area contributed by atoms with E-state index in [1.807, 2.05) is 6.92 Å². The zero-order valence-electron chi connectivity index (χ0n) is 16.8. The Balaban J connectivity index is 3.27. The summed E-state index contributed by atoms with van der Waals surface area (Å²) < 4.78 is 15.0. The maximum atomic E-state index is 12.4. The smallest absolute Gasteiger partial charge is 0.412 e. The van der Waals surface area contributed by atoms with Crippen LogP contribution in [0.15, 0.2) is 24.0 Å². The van der Waals surface area contributed by atoms with E-state index < -0.39 is 29.2 Å². The van der Waals surface area contributed by atoms with Crippen LogP contribution in [0.4, 0.5) is 10.5 Å². The molecule has 0 unspecified atom stereocenters. The molecule has 0 atom stereocenters. The first-order valence-corrected chi connectivity index (χ1v) is 8.80. The number of unbranched alkanes of at least 4 members (excludes halogenated alkanes) is 1. The second kappa shape index (κ2) is 10.3. The number of esters is 2. The molecule has 0 aliphatic carbocycles. The number of ether oxygens (including phenoxy) is 3. The van der Waals surface area contributed by atoms with E-state index in [1.165, 1.54) is 18.5 Å². The van der Waals surface area contributed by atoms with Crippen LogP contribution in [0.5, 0.6) is 0 Å². The van der Waals surface area contributed by atoms with Crippen LogP contribution < -0.4 is 11.1 Å². The number of aromatic nitrogens is 1. The Kier molecular flexibility index (Phi) is 8.43. The van der Waals surface area contributed by atoms with Crippen LogP contribution in [-0.2, 0) is 23.8 Å². The van der Waals surface area contributed by atoms with Gasteiger partial charge in [-0.2, -0.15) is 0 Å². The van der Waals surface area contributed by atoms with Gasteiger partial charge in [-0.1, -0.05) is 13.3 Å². The van der Waals surface area contributed by atoms with Crippen LogP contribution >= 0.6 is 0 Å². The molecule has 0 aromatic carbocycles. The second-order valence-corrected chi connectivity index (χ2v) is 6.82. The van der Waals surface area contributed by atoms with Gasteiger partial charge in [0, 0.05) is 18.0 Å². The van der Waals surface area contributed by atoms with Gasteiger partial charge < -0.3 is 19.9 Å². The molecule has 154 valence electrons. The summed E-state index contributed by atoms with van der Waals surface area (Å²) >= 11 is 0. The van der Waals surface area contributed by atoms with Crippen LogP contribution in [0.1, 0.15) is 46.1 Å². The predicted octanol–water partition coefficient (Wildman–Crippen LogP) is 2.61. The SMILES string of the molecule is CCCCOC(=O)/C(C(=O)OC)=C(/N)c1cnccc1NC(=O)OC(C)(C)C. The fourth-order valence-corrected chi connectivity index (χ4v) is 2.05. The quantitative estimate of drug-likeness (QED) is 0.181. The van der Waals surface area contributed by atoms with E-state index in [2.05, 4.69) is 15.0 Å². The lowest BCUT2D eigenvalue weighted by molar-refractivity contribution is -0.145.